The molecule has 0 spiro atoms. The molecule has 0 bridgehead atoms. The maximum atomic E-state index is 3.66. The van der Waals surface area contributed by atoms with Crippen molar-refractivity contribution in [3.05, 3.63) is 35.4 Å². The molecule has 1 N–H and O–H groups in total. The molecule has 0 saturated heterocycles. The third-order valence-corrected chi connectivity index (χ3v) is 4.19. The highest BCUT2D eigenvalue weighted by atomic mass is 14.9. The molecule has 1 nitrogen and oxygen atoms in total. The van der Waals surface area contributed by atoms with Crippen LogP contribution >= 0.6 is 0 Å². The zero-order chi connectivity index (χ0) is 11.6. The van der Waals surface area contributed by atoms with E-state index < -0.39 is 0 Å². The fourth-order valence-corrected chi connectivity index (χ4v) is 2.19. The fourth-order valence-electron chi connectivity index (χ4n) is 2.19. The van der Waals surface area contributed by atoms with Crippen molar-refractivity contribution in [2.45, 2.75) is 46.1 Å². The molecule has 0 aromatic heterocycles. The van der Waals surface area contributed by atoms with Gasteiger partial charge in [0.05, 0.1) is 0 Å². The van der Waals surface area contributed by atoms with Crippen LogP contribution in [0.2, 0.25) is 0 Å². The monoisotopic (exact) mass is 217 g/mol. The zero-order valence-electron chi connectivity index (χ0n) is 10.7. The molecule has 0 aliphatic heterocycles. The number of hydrogen-bond donors (Lipinski definition) is 1. The molecule has 1 aliphatic carbocycles. The van der Waals surface area contributed by atoms with Crippen LogP contribution in [-0.4, -0.2) is 12.6 Å². The van der Waals surface area contributed by atoms with Crippen molar-refractivity contribution in [2.24, 2.45) is 5.41 Å². The predicted octanol–water partition coefficient (Wildman–Crippen LogP) is 3.32. The fraction of sp³-hybridized carbons (Fsp3) is 0.600. The lowest BCUT2D eigenvalue weighted by Crippen LogP contribution is -2.34. The smallest absolute Gasteiger partial charge is 0.00926 e. The second-order valence-corrected chi connectivity index (χ2v) is 5.51. The maximum absolute atomic E-state index is 3.66. The van der Waals surface area contributed by atoms with Crippen molar-refractivity contribution in [2.75, 3.05) is 6.54 Å². The Hall–Kier alpha value is -0.820. The largest absolute Gasteiger partial charge is 0.313 e. The van der Waals surface area contributed by atoms with Crippen LogP contribution in [0.25, 0.3) is 0 Å². The van der Waals surface area contributed by atoms with Gasteiger partial charge in [0.15, 0.2) is 0 Å². The van der Waals surface area contributed by atoms with Crippen LogP contribution in [-0.2, 0) is 6.42 Å². The third kappa shape index (κ3) is 2.65. The summed E-state index contributed by atoms with van der Waals surface area (Å²) < 4.78 is 0. The molecule has 16 heavy (non-hydrogen) atoms. The van der Waals surface area contributed by atoms with Crippen LogP contribution in [0.5, 0.6) is 0 Å². The van der Waals surface area contributed by atoms with Crippen molar-refractivity contribution >= 4 is 0 Å². The molecule has 1 fully saturated rings. The minimum absolute atomic E-state index is 0.589. The summed E-state index contributed by atoms with van der Waals surface area (Å²) in [6.45, 7) is 8.01. The summed E-state index contributed by atoms with van der Waals surface area (Å²) in [5.74, 6) is 0. The molecule has 2 rings (SSSR count). The average Bonchev–Trinajstić information content (AvgIpc) is 3.01. The molecule has 0 radical (unpaired) electrons. The van der Waals surface area contributed by atoms with E-state index in [1.165, 1.54) is 24.0 Å². The minimum Gasteiger partial charge on any atom is -0.313 e. The highest BCUT2D eigenvalue weighted by molar-refractivity contribution is 5.25. The Kier molecular flexibility index (Phi) is 3.34. The molecule has 1 heteroatoms. The first kappa shape index (κ1) is 11.7. The van der Waals surface area contributed by atoms with Crippen molar-refractivity contribution in [1.29, 1.82) is 0 Å². The van der Waals surface area contributed by atoms with E-state index in [1.807, 2.05) is 0 Å². The summed E-state index contributed by atoms with van der Waals surface area (Å²) in [6.07, 6.45) is 3.93. The predicted molar refractivity (Wildman–Crippen MR) is 69.7 cm³/mol. The van der Waals surface area contributed by atoms with E-state index in [2.05, 4.69) is 50.4 Å². The molecule has 1 aromatic rings. The molecule has 88 valence electrons. The second kappa shape index (κ2) is 4.58. The number of rotatable bonds is 5. The lowest BCUT2D eigenvalue weighted by atomic mass is 10.0. The van der Waals surface area contributed by atoms with Gasteiger partial charge in [0.2, 0.25) is 0 Å². The Morgan fingerprint density at radius 3 is 2.62 bits per heavy atom. The second-order valence-electron chi connectivity index (χ2n) is 5.51. The van der Waals surface area contributed by atoms with Crippen LogP contribution in [0.4, 0.5) is 0 Å². The molecule has 1 unspecified atom stereocenters. The molecule has 1 atom stereocenters. The average molecular weight is 217 g/mol. The van der Waals surface area contributed by atoms with Gasteiger partial charge in [0, 0.05) is 6.04 Å². The summed E-state index contributed by atoms with van der Waals surface area (Å²) >= 11 is 0. The summed E-state index contributed by atoms with van der Waals surface area (Å²) in [5, 5.41) is 3.66. The van der Waals surface area contributed by atoms with E-state index in [0.717, 1.165) is 13.0 Å². The summed E-state index contributed by atoms with van der Waals surface area (Å²) in [7, 11) is 0. The van der Waals surface area contributed by atoms with Gasteiger partial charge in [-0.3, -0.25) is 0 Å². The van der Waals surface area contributed by atoms with Crippen molar-refractivity contribution < 1.29 is 0 Å². The molecule has 0 heterocycles. The Morgan fingerprint density at radius 1 is 1.31 bits per heavy atom. The Balaban J connectivity index is 1.78. The van der Waals surface area contributed by atoms with Gasteiger partial charge in [-0.15, -0.1) is 0 Å². The Labute approximate surface area is 99.3 Å². The molecule has 1 aliphatic rings. The van der Waals surface area contributed by atoms with Crippen LogP contribution in [0.1, 0.15) is 37.8 Å². The van der Waals surface area contributed by atoms with Gasteiger partial charge in [-0.1, -0.05) is 31.2 Å². The third-order valence-electron chi connectivity index (χ3n) is 4.19. The van der Waals surface area contributed by atoms with E-state index in [4.69, 9.17) is 0 Å². The van der Waals surface area contributed by atoms with Gasteiger partial charge in [0.25, 0.3) is 0 Å². The van der Waals surface area contributed by atoms with Gasteiger partial charge >= 0.3 is 0 Å². The van der Waals surface area contributed by atoms with E-state index in [0.29, 0.717) is 11.5 Å². The number of aryl methyl sites for hydroxylation is 1. The van der Waals surface area contributed by atoms with E-state index in [-0.39, 0.29) is 0 Å². The molecule has 0 amide bonds. The van der Waals surface area contributed by atoms with Gasteiger partial charge < -0.3 is 5.32 Å². The highest BCUT2D eigenvalue weighted by Gasteiger charge is 2.41. The Morgan fingerprint density at radius 2 is 2.00 bits per heavy atom. The number of nitrogens with one attached hydrogen (secondary N) is 1. The van der Waals surface area contributed by atoms with E-state index >= 15 is 0 Å². The van der Waals surface area contributed by atoms with Crippen LogP contribution < -0.4 is 5.32 Å². The van der Waals surface area contributed by atoms with Crippen LogP contribution in [0, 0.1) is 12.3 Å². The highest BCUT2D eigenvalue weighted by Crippen LogP contribution is 2.47. The molecule has 1 aromatic carbocycles. The summed E-state index contributed by atoms with van der Waals surface area (Å²) in [6, 6.07) is 9.34. The van der Waals surface area contributed by atoms with Crippen molar-refractivity contribution in [1.82, 2.24) is 5.32 Å². The SMILES string of the molecule is Cc1ccccc1CCNC(C)C1(C)CC1. The first-order chi connectivity index (χ1) is 7.62. The lowest BCUT2D eigenvalue weighted by molar-refractivity contribution is 0.383. The zero-order valence-corrected chi connectivity index (χ0v) is 10.7. The topological polar surface area (TPSA) is 12.0 Å². The van der Waals surface area contributed by atoms with Gasteiger partial charge in [-0.05, 0) is 56.2 Å². The first-order valence-corrected chi connectivity index (χ1v) is 6.40. The first-order valence-electron chi connectivity index (χ1n) is 6.40. The Bertz CT molecular complexity index is 352. The summed E-state index contributed by atoms with van der Waals surface area (Å²) in [5.41, 5.74) is 3.48. The van der Waals surface area contributed by atoms with Crippen molar-refractivity contribution in [3.8, 4) is 0 Å². The van der Waals surface area contributed by atoms with Crippen LogP contribution in [0.15, 0.2) is 24.3 Å². The van der Waals surface area contributed by atoms with Gasteiger partial charge in [0.1, 0.15) is 0 Å². The molecular weight excluding hydrogens is 194 g/mol. The normalized spacial score (nSPS) is 19.4. The van der Waals surface area contributed by atoms with Gasteiger partial charge in [-0.25, -0.2) is 0 Å². The quantitative estimate of drug-likeness (QED) is 0.798. The molecular formula is C15H23N. The maximum Gasteiger partial charge on any atom is 0.00926 e. The lowest BCUT2D eigenvalue weighted by Gasteiger charge is -2.20. The number of hydrogen-bond acceptors (Lipinski definition) is 1. The van der Waals surface area contributed by atoms with E-state index in [1.54, 1.807) is 0 Å². The van der Waals surface area contributed by atoms with E-state index in [9.17, 15) is 0 Å². The summed E-state index contributed by atoms with van der Waals surface area (Å²) in [4.78, 5) is 0. The number of benzene rings is 1. The van der Waals surface area contributed by atoms with Crippen LogP contribution in [0.3, 0.4) is 0 Å². The van der Waals surface area contributed by atoms with Crippen molar-refractivity contribution in [3.63, 3.8) is 0 Å². The molecule has 1 saturated carbocycles. The van der Waals surface area contributed by atoms with Gasteiger partial charge in [-0.2, -0.15) is 0 Å². The minimum atomic E-state index is 0.589. The standard InChI is InChI=1S/C15H23N/c1-12-6-4-5-7-14(12)8-11-16-13(2)15(3)9-10-15/h4-7,13,16H,8-11H2,1-3H3.